The summed E-state index contributed by atoms with van der Waals surface area (Å²) in [5.41, 5.74) is 2.41. The van der Waals surface area contributed by atoms with Crippen LogP contribution in [0.2, 0.25) is 40.9 Å². The Bertz CT molecular complexity index is 320. The van der Waals surface area contributed by atoms with Crippen molar-refractivity contribution in [2.75, 3.05) is 0 Å². The van der Waals surface area contributed by atoms with Crippen LogP contribution in [-0.2, 0) is 0 Å². The van der Waals surface area contributed by atoms with E-state index in [-0.39, 0.29) is 6.10 Å². The molecule has 1 aliphatic rings. The van der Waals surface area contributed by atoms with Gasteiger partial charge in [0.1, 0.15) is 0 Å². The molecule has 0 radical (unpaired) electrons. The van der Waals surface area contributed by atoms with Gasteiger partial charge in [-0.2, -0.15) is 0 Å². The third kappa shape index (κ3) is 2.28. The monoisotopic (exact) mass is 314 g/mol. The third-order valence-corrected chi connectivity index (χ3v) is 21.2. The smallest absolute Gasteiger partial charge is 0.0652 e. The topological polar surface area (TPSA) is 20.2 Å². The van der Waals surface area contributed by atoms with Crippen LogP contribution < -0.4 is 0 Å². The van der Waals surface area contributed by atoms with Crippen LogP contribution in [0.1, 0.15) is 54.9 Å². The Balaban J connectivity index is 3.51. The summed E-state index contributed by atoms with van der Waals surface area (Å²) >= 11 is 0. The Kier molecular flexibility index (Phi) is 5.11. The molecule has 0 amide bonds. The third-order valence-electron chi connectivity index (χ3n) is 6.57. The lowest BCUT2D eigenvalue weighted by atomic mass is 10.3. The molecule has 0 aliphatic heterocycles. The van der Waals surface area contributed by atoms with Crippen LogP contribution in [0.3, 0.4) is 0 Å². The zero-order valence-electron chi connectivity index (χ0n) is 15.5. The van der Waals surface area contributed by atoms with E-state index in [1.54, 1.807) is 0 Å². The maximum Gasteiger partial charge on any atom is 0.0652 e. The van der Waals surface area contributed by atoms with Crippen LogP contribution in [0.4, 0.5) is 0 Å². The molecule has 0 aromatic rings. The van der Waals surface area contributed by atoms with Crippen molar-refractivity contribution in [1.29, 1.82) is 0 Å². The highest BCUT2D eigenvalue weighted by molar-refractivity contribution is 7.03. The van der Waals surface area contributed by atoms with Crippen LogP contribution in [0.5, 0.6) is 0 Å². The van der Waals surface area contributed by atoms with Gasteiger partial charge in [0.2, 0.25) is 0 Å². The van der Waals surface area contributed by atoms with Crippen LogP contribution in [-0.4, -0.2) is 27.4 Å². The molecule has 0 heterocycles. The van der Waals surface area contributed by atoms with Crippen molar-refractivity contribution in [3.8, 4) is 0 Å². The van der Waals surface area contributed by atoms with E-state index in [1.807, 2.05) is 6.92 Å². The van der Waals surface area contributed by atoms with Crippen LogP contribution in [0.25, 0.3) is 0 Å². The molecule has 3 heteroatoms. The fourth-order valence-corrected chi connectivity index (χ4v) is 25.0. The fraction of sp³-hybridized carbons (Fsp3) is 1.00. The summed E-state index contributed by atoms with van der Waals surface area (Å²) in [5.74, 6) is 0.577. The highest BCUT2D eigenvalue weighted by Crippen LogP contribution is 2.78. The van der Waals surface area contributed by atoms with Crippen molar-refractivity contribution in [2.24, 2.45) is 5.92 Å². The van der Waals surface area contributed by atoms with E-state index in [0.717, 1.165) is 16.6 Å². The Hall–Kier alpha value is 0.394. The highest BCUT2D eigenvalue weighted by atomic mass is 28.4. The maximum absolute atomic E-state index is 10.3. The van der Waals surface area contributed by atoms with E-state index >= 15 is 0 Å². The average Bonchev–Trinajstić information content (AvgIpc) is 2.92. The normalized spacial score (nSPS) is 29.4. The largest absolute Gasteiger partial charge is 0.393 e. The lowest BCUT2D eigenvalue weighted by Gasteiger charge is -2.55. The van der Waals surface area contributed by atoms with Crippen LogP contribution >= 0.6 is 0 Å². The molecule has 1 rings (SSSR count). The van der Waals surface area contributed by atoms with Crippen LogP contribution in [0.15, 0.2) is 0 Å². The van der Waals surface area contributed by atoms with Gasteiger partial charge in [-0.15, -0.1) is 0 Å². The van der Waals surface area contributed by atoms with Crippen molar-refractivity contribution >= 4 is 16.1 Å². The minimum atomic E-state index is -1.50. The van der Waals surface area contributed by atoms with Gasteiger partial charge in [-0.3, -0.25) is 0 Å². The standard InChI is InChI=1S/C17H38OSi2/c1-12(2)20(13(3)4,14(5)6)17(19(8,9)10)11-16(17)15(7)18/h12-16,18H,11H2,1-10H3/t15-,16+,17+/m1/s1. The summed E-state index contributed by atoms with van der Waals surface area (Å²) in [6, 6.07) is 0. The van der Waals surface area contributed by atoms with Gasteiger partial charge in [-0.05, 0) is 23.9 Å². The van der Waals surface area contributed by atoms with E-state index in [4.69, 9.17) is 0 Å². The lowest BCUT2D eigenvalue weighted by molar-refractivity contribution is 0.168. The molecule has 1 nitrogen and oxygen atoms in total. The second-order valence-electron chi connectivity index (χ2n) is 9.17. The highest BCUT2D eigenvalue weighted by Gasteiger charge is 2.75. The van der Waals surface area contributed by atoms with Crippen LogP contribution in [0, 0.1) is 5.92 Å². The first kappa shape index (κ1) is 18.4. The van der Waals surface area contributed by atoms with Crippen molar-refractivity contribution in [3.05, 3.63) is 0 Å². The zero-order chi connectivity index (χ0) is 16.1. The second-order valence-corrected chi connectivity index (χ2v) is 21.3. The summed E-state index contributed by atoms with van der Waals surface area (Å²) in [4.78, 5) is 0. The van der Waals surface area contributed by atoms with Gasteiger partial charge in [0.05, 0.1) is 14.2 Å². The summed E-state index contributed by atoms with van der Waals surface area (Å²) in [7, 11) is -2.83. The number of hydrogen-bond acceptors (Lipinski definition) is 1. The number of rotatable bonds is 6. The Labute approximate surface area is 129 Å². The maximum atomic E-state index is 10.3. The molecule has 1 N–H and O–H groups in total. The molecule has 0 aromatic heterocycles. The van der Waals surface area contributed by atoms with E-state index in [1.165, 1.54) is 6.42 Å². The first-order chi connectivity index (χ1) is 8.87. The Morgan fingerprint density at radius 1 is 0.850 bits per heavy atom. The predicted molar refractivity (Wildman–Crippen MR) is 96.9 cm³/mol. The number of aliphatic hydroxyl groups excluding tert-OH is 1. The summed E-state index contributed by atoms with van der Waals surface area (Å²) in [6.45, 7) is 24.6. The van der Waals surface area contributed by atoms with Crippen molar-refractivity contribution in [1.82, 2.24) is 0 Å². The lowest BCUT2D eigenvalue weighted by Crippen LogP contribution is -2.59. The second kappa shape index (κ2) is 5.55. The van der Waals surface area contributed by atoms with E-state index < -0.39 is 16.1 Å². The molecule has 0 aromatic carbocycles. The molecule has 20 heavy (non-hydrogen) atoms. The first-order valence-corrected chi connectivity index (χ1v) is 14.3. The molecule has 3 atom stereocenters. The summed E-state index contributed by atoms with van der Waals surface area (Å²) < 4.78 is 0.532. The van der Waals surface area contributed by atoms with E-state index in [2.05, 4.69) is 61.2 Å². The Morgan fingerprint density at radius 2 is 1.20 bits per heavy atom. The van der Waals surface area contributed by atoms with Gasteiger partial charge in [0, 0.05) is 8.07 Å². The molecule has 0 saturated heterocycles. The van der Waals surface area contributed by atoms with Gasteiger partial charge < -0.3 is 5.11 Å². The molecular formula is C17H38OSi2. The van der Waals surface area contributed by atoms with Crippen molar-refractivity contribution < 1.29 is 5.11 Å². The fourth-order valence-electron chi connectivity index (χ4n) is 6.43. The van der Waals surface area contributed by atoms with Gasteiger partial charge >= 0.3 is 0 Å². The van der Waals surface area contributed by atoms with E-state index in [9.17, 15) is 5.11 Å². The predicted octanol–water partition coefficient (Wildman–Crippen LogP) is 5.68. The first-order valence-electron chi connectivity index (χ1n) is 8.55. The quantitative estimate of drug-likeness (QED) is 0.625. The molecule has 0 spiro atoms. The SMILES string of the molecule is CC(C)[Si](C(C)C)(C(C)C)[C@@]1([Si](C)(C)C)C[C@H]1[C@@H](C)O. The molecular weight excluding hydrogens is 276 g/mol. The minimum absolute atomic E-state index is 0.121. The number of aliphatic hydroxyl groups is 1. The van der Waals surface area contributed by atoms with Gasteiger partial charge in [-0.1, -0.05) is 77.8 Å². The average molecular weight is 315 g/mol. The molecule has 1 fully saturated rings. The van der Waals surface area contributed by atoms with Crippen molar-refractivity contribution in [3.63, 3.8) is 0 Å². The van der Waals surface area contributed by atoms with E-state index in [0.29, 0.717) is 10.6 Å². The van der Waals surface area contributed by atoms with Gasteiger partial charge in [-0.25, -0.2) is 0 Å². The zero-order valence-corrected chi connectivity index (χ0v) is 17.5. The number of hydrogen-bond donors (Lipinski definition) is 1. The molecule has 1 aliphatic carbocycles. The molecule has 120 valence electrons. The summed E-state index contributed by atoms with van der Waals surface area (Å²) in [6.07, 6.45) is 1.19. The molecule has 1 saturated carbocycles. The molecule has 0 bridgehead atoms. The minimum Gasteiger partial charge on any atom is -0.393 e. The molecule has 0 unspecified atom stereocenters. The Morgan fingerprint density at radius 3 is 1.35 bits per heavy atom. The van der Waals surface area contributed by atoms with Gasteiger partial charge in [0.25, 0.3) is 0 Å². The van der Waals surface area contributed by atoms with Crippen molar-refractivity contribution in [2.45, 2.75) is 102 Å². The van der Waals surface area contributed by atoms with Gasteiger partial charge in [0.15, 0.2) is 0 Å². The summed E-state index contributed by atoms with van der Waals surface area (Å²) in [5, 5.41) is 10.3.